The number of benzene rings is 1. The molecule has 2 aromatic heterocycles. The van der Waals surface area contributed by atoms with Crippen LogP contribution in [0, 0.1) is 0 Å². The highest BCUT2D eigenvalue weighted by molar-refractivity contribution is 5.78. The van der Waals surface area contributed by atoms with Gasteiger partial charge in [-0.05, 0) is 43.1 Å². The molecule has 1 saturated heterocycles. The molecule has 0 radical (unpaired) electrons. The average molecular weight is 345 g/mol. The van der Waals surface area contributed by atoms with E-state index in [0.717, 1.165) is 50.4 Å². The predicted molar refractivity (Wildman–Crippen MR) is 102 cm³/mol. The summed E-state index contributed by atoms with van der Waals surface area (Å²) in [5.74, 6) is 0.983. The van der Waals surface area contributed by atoms with Gasteiger partial charge >= 0.3 is 0 Å². The van der Waals surface area contributed by atoms with Crippen molar-refractivity contribution >= 4 is 10.9 Å². The third-order valence-electron chi connectivity index (χ3n) is 5.48. The van der Waals surface area contributed by atoms with Crippen LogP contribution in [0.4, 0.5) is 0 Å². The Balaban J connectivity index is 1.31. The summed E-state index contributed by atoms with van der Waals surface area (Å²) in [4.78, 5) is 16.4. The molecule has 26 heavy (non-hydrogen) atoms. The second-order valence-electron chi connectivity index (χ2n) is 7.34. The Labute approximate surface area is 153 Å². The fraction of sp³-hybridized carbons (Fsp3) is 0.381. The highest BCUT2D eigenvalue weighted by Gasteiger charge is 2.23. The van der Waals surface area contributed by atoms with E-state index < -0.39 is 0 Å². The van der Waals surface area contributed by atoms with Crippen LogP contribution in [0.3, 0.4) is 0 Å². The topological polar surface area (TPSA) is 53.9 Å². The first-order valence-electron chi connectivity index (χ1n) is 9.49. The first kappa shape index (κ1) is 15.9. The summed E-state index contributed by atoms with van der Waals surface area (Å²) in [6.07, 6.45) is 7.28. The molecular formula is C21H23N5. The van der Waals surface area contributed by atoms with Crippen molar-refractivity contribution in [3.05, 3.63) is 65.4 Å². The second-order valence-corrected chi connectivity index (χ2v) is 7.34. The molecule has 0 spiro atoms. The lowest BCUT2D eigenvalue weighted by Gasteiger charge is -2.28. The van der Waals surface area contributed by atoms with Crippen LogP contribution in [0.2, 0.25) is 0 Å². The van der Waals surface area contributed by atoms with Crippen LogP contribution in [0.1, 0.15) is 41.5 Å². The van der Waals surface area contributed by atoms with Gasteiger partial charge in [-0.25, -0.2) is 9.97 Å². The number of hydrogen-bond acceptors (Lipinski definition) is 5. The molecule has 0 aliphatic carbocycles. The fourth-order valence-electron chi connectivity index (χ4n) is 4.08. The van der Waals surface area contributed by atoms with E-state index in [-0.39, 0.29) is 0 Å². The molecule has 0 bridgehead atoms. The molecule has 1 atom stereocenters. The summed E-state index contributed by atoms with van der Waals surface area (Å²) in [6.45, 7) is 4.02. The Kier molecular flexibility index (Phi) is 4.11. The van der Waals surface area contributed by atoms with Crippen molar-refractivity contribution in [1.29, 1.82) is 0 Å². The van der Waals surface area contributed by atoms with Crippen molar-refractivity contribution in [2.75, 3.05) is 13.1 Å². The Hall–Kier alpha value is -2.37. The van der Waals surface area contributed by atoms with Crippen LogP contribution < -0.4 is 5.32 Å². The van der Waals surface area contributed by atoms with Crippen LogP contribution in [0.25, 0.3) is 10.9 Å². The Bertz CT molecular complexity index is 933. The quantitative estimate of drug-likeness (QED) is 0.791. The number of fused-ring (bicyclic) bond motifs is 2. The average Bonchev–Trinajstić information content (AvgIpc) is 3.22. The first-order valence-corrected chi connectivity index (χ1v) is 9.49. The molecule has 2 aliphatic rings. The smallest absolute Gasteiger partial charge is 0.145 e. The van der Waals surface area contributed by atoms with Crippen LogP contribution in [0.5, 0.6) is 0 Å². The molecule has 2 aliphatic heterocycles. The minimum atomic E-state index is 0.351. The van der Waals surface area contributed by atoms with Crippen molar-refractivity contribution < 1.29 is 0 Å². The molecular weight excluding hydrogens is 322 g/mol. The van der Waals surface area contributed by atoms with Crippen molar-refractivity contribution in [2.45, 2.75) is 38.4 Å². The summed E-state index contributed by atoms with van der Waals surface area (Å²) < 4.78 is 0. The van der Waals surface area contributed by atoms with Gasteiger partial charge in [0.25, 0.3) is 0 Å². The van der Waals surface area contributed by atoms with Gasteiger partial charge in [0.15, 0.2) is 0 Å². The third kappa shape index (κ3) is 3.08. The maximum Gasteiger partial charge on any atom is 0.145 e. The largest absolute Gasteiger partial charge is 0.307 e. The number of rotatable bonds is 3. The lowest BCUT2D eigenvalue weighted by atomic mass is 10.0. The zero-order chi connectivity index (χ0) is 17.3. The monoisotopic (exact) mass is 345 g/mol. The van der Waals surface area contributed by atoms with E-state index in [1.165, 1.54) is 28.6 Å². The maximum absolute atomic E-state index is 4.87. The molecule has 0 saturated carbocycles. The van der Waals surface area contributed by atoms with Crippen LogP contribution in [0.15, 0.2) is 42.7 Å². The highest BCUT2D eigenvalue weighted by Crippen LogP contribution is 2.24. The van der Waals surface area contributed by atoms with Crippen LogP contribution in [-0.4, -0.2) is 32.9 Å². The lowest BCUT2D eigenvalue weighted by molar-refractivity contribution is 0.242. The van der Waals surface area contributed by atoms with E-state index in [1.807, 2.05) is 18.5 Å². The van der Waals surface area contributed by atoms with E-state index in [1.54, 1.807) is 0 Å². The molecule has 0 amide bonds. The van der Waals surface area contributed by atoms with Crippen molar-refractivity contribution in [1.82, 2.24) is 25.2 Å². The first-order chi connectivity index (χ1) is 12.8. The third-order valence-corrected chi connectivity index (χ3v) is 5.48. The van der Waals surface area contributed by atoms with Gasteiger partial charge in [0.2, 0.25) is 0 Å². The standard InChI is InChI=1S/C21H23N5/c1-3-16-11-15(5-6-18(16)22-8-1)13-26-10-7-19-17(14-26)12-24-21(25-19)20-4-2-9-23-20/h1,3,5-6,8,11-12,20,23H,2,4,7,9-10,13-14H2. The number of aromatic nitrogens is 3. The summed E-state index contributed by atoms with van der Waals surface area (Å²) >= 11 is 0. The zero-order valence-corrected chi connectivity index (χ0v) is 14.9. The molecule has 1 unspecified atom stereocenters. The van der Waals surface area contributed by atoms with Crippen LogP contribution >= 0.6 is 0 Å². The highest BCUT2D eigenvalue weighted by atomic mass is 15.1. The fourth-order valence-corrected chi connectivity index (χ4v) is 4.08. The Morgan fingerprint density at radius 1 is 1.19 bits per heavy atom. The van der Waals surface area contributed by atoms with Crippen LogP contribution in [-0.2, 0) is 19.5 Å². The summed E-state index contributed by atoms with van der Waals surface area (Å²) in [5, 5.41) is 4.70. The molecule has 1 fully saturated rings. The van der Waals surface area contributed by atoms with Crippen molar-refractivity contribution in [2.24, 2.45) is 0 Å². The molecule has 1 N–H and O–H groups in total. The van der Waals surface area contributed by atoms with Gasteiger partial charge in [0.05, 0.1) is 11.6 Å². The number of nitrogens with zero attached hydrogens (tertiary/aromatic N) is 4. The summed E-state index contributed by atoms with van der Waals surface area (Å²) in [6, 6.07) is 11.0. The Morgan fingerprint density at radius 2 is 2.19 bits per heavy atom. The Morgan fingerprint density at radius 3 is 3.12 bits per heavy atom. The van der Waals surface area contributed by atoms with Gasteiger partial charge in [-0.2, -0.15) is 0 Å². The minimum absolute atomic E-state index is 0.351. The molecule has 5 heteroatoms. The SMILES string of the molecule is c1cnc2ccc(CN3CCc4nc(C5CCCN5)ncc4C3)cc2c1. The van der Waals surface area contributed by atoms with Gasteiger partial charge in [-0.1, -0.05) is 12.1 Å². The predicted octanol–water partition coefficient (Wildman–Crippen LogP) is 3.01. The van der Waals surface area contributed by atoms with E-state index in [9.17, 15) is 0 Å². The van der Waals surface area contributed by atoms with Crippen molar-refractivity contribution in [3.8, 4) is 0 Å². The minimum Gasteiger partial charge on any atom is -0.307 e. The lowest BCUT2D eigenvalue weighted by Crippen LogP contribution is -2.31. The molecule has 5 nitrogen and oxygen atoms in total. The molecule has 132 valence electrons. The van der Waals surface area contributed by atoms with E-state index in [2.05, 4.69) is 44.5 Å². The summed E-state index contributed by atoms with van der Waals surface area (Å²) in [5.41, 5.74) is 4.91. The maximum atomic E-state index is 4.87. The second kappa shape index (κ2) is 6.74. The molecule has 3 aromatic rings. The molecule has 5 rings (SSSR count). The number of pyridine rings is 1. The van der Waals surface area contributed by atoms with E-state index >= 15 is 0 Å². The van der Waals surface area contributed by atoms with E-state index in [4.69, 9.17) is 4.98 Å². The number of nitrogens with one attached hydrogen (secondary N) is 1. The normalized spacial score (nSPS) is 20.4. The van der Waals surface area contributed by atoms with Gasteiger partial charge < -0.3 is 5.32 Å². The molecule has 4 heterocycles. The van der Waals surface area contributed by atoms with Gasteiger partial charge in [0, 0.05) is 55.1 Å². The van der Waals surface area contributed by atoms with E-state index in [0.29, 0.717) is 6.04 Å². The summed E-state index contributed by atoms with van der Waals surface area (Å²) in [7, 11) is 0. The van der Waals surface area contributed by atoms with Gasteiger partial charge in [-0.15, -0.1) is 0 Å². The van der Waals surface area contributed by atoms with Gasteiger partial charge in [0.1, 0.15) is 5.82 Å². The molecule has 1 aromatic carbocycles. The number of hydrogen-bond donors (Lipinski definition) is 1. The van der Waals surface area contributed by atoms with Gasteiger partial charge in [-0.3, -0.25) is 9.88 Å². The zero-order valence-electron chi connectivity index (χ0n) is 14.9. The van der Waals surface area contributed by atoms with Crippen molar-refractivity contribution in [3.63, 3.8) is 0 Å².